The van der Waals surface area contributed by atoms with Gasteiger partial charge in [0.2, 0.25) is 10.0 Å². The number of nitrogens with zero attached hydrogens (tertiary/aromatic N) is 1. The van der Waals surface area contributed by atoms with Crippen LogP contribution in [-0.2, 0) is 23.0 Å². The van der Waals surface area contributed by atoms with Crippen molar-refractivity contribution in [2.45, 2.75) is 25.9 Å². The van der Waals surface area contributed by atoms with Crippen molar-refractivity contribution < 1.29 is 13.2 Å². The number of rotatable bonds is 5. The van der Waals surface area contributed by atoms with Crippen molar-refractivity contribution in [1.82, 2.24) is 20.8 Å². The number of carbonyl (C=O) groups excluding carboxylic acids is 1. The minimum Gasteiger partial charge on any atom is -0.344 e. The van der Waals surface area contributed by atoms with E-state index in [2.05, 4.69) is 25.6 Å². The maximum Gasteiger partial charge on any atom is 0.272 e. The number of halogens is 1. The molecule has 10 heteroatoms. The molecule has 0 aliphatic carbocycles. The van der Waals surface area contributed by atoms with Gasteiger partial charge in [0, 0.05) is 30.8 Å². The van der Waals surface area contributed by atoms with Crippen LogP contribution in [0, 0.1) is 0 Å². The van der Waals surface area contributed by atoms with Crippen LogP contribution in [0.15, 0.2) is 24.3 Å². The molecule has 2 heterocycles. The zero-order chi connectivity index (χ0) is 18.0. The van der Waals surface area contributed by atoms with Gasteiger partial charge < -0.3 is 10.6 Å². The molecule has 26 heavy (non-hydrogen) atoms. The van der Waals surface area contributed by atoms with Gasteiger partial charge in [-0.1, -0.05) is 18.2 Å². The topological polar surface area (TPSA) is 116 Å². The number of nitrogens with one attached hydrogen (secondary N) is 4. The van der Waals surface area contributed by atoms with Gasteiger partial charge in [-0.25, -0.2) is 8.42 Å². The lowest BCUT2D eigenvalue weighted by molar-refractivity contribution is 0.0933. The number of hydrogen-bond donors (Lipinski definition) is 4. The quantitative estimate of drug-likeness (QED) is 0.605. The van der Waals surface area contributed by atoms with Gasteiger partial charge in [-0.05, 0) is 18.6 Å². The molecule has 1 atom stereocenters. The van der Waals surface area contributed by atoms with E-state index >= 15 is 0 Å². The highest BCUT2D eigenvalue weighted by atomic mass is 35.5. The zero-order valence-electron chi connectivity index (χ0n) is 14.5. The molecule has 142 valence electrons. The first-order chi connectivity index (χ1) is 11.8. The average Bonchev–Trinajstić information content (AvgIpc) is 2.98. The molecule has 2 aromatic rings. The number of aromatic amines is 1. The van der Waals surface area contributed by atoms with E-state index in [4.69, 9.17) is 0 Å². The summed E-state index contributed by atoms with van der Waals surface area (Å²) in [7, 11) is -3.41. The van der Waals surface area contributed by atoms with Gasteiger partial charge >= 0.3 is 0 Å². The fourth-order valence-corrected chi connectivity index (χ4v) is 3.51. The van der Waals surface area contributed by atoms with Gasteiger partial charge in [0.1, 0.15) is 0 Å². The summed E-state index contributed by atoms with van der Waals surface area (Å²) in [6.07, 6.45) is 1.91. The first-order valence-corrected chi connectivity index (χ1v) is 9.88. The molecule has 1 aliphatic heterocycles. The maximum atomic E-state index is 12.6. The smallest absolute Gasteiger partial charge is 0.272 e. The van der Waals surface area contributed by atoms with Crippen LogP contribution in [0.4, 0.5) is 5.69 Å². The number of anilines is 1. The lowest BCUT2D eigenvalue weighted by Crippen LogP contribution is -2.30. The molecule has 0 fully saturated rings. The van der Waals surface area contributed by atoms with Gasteiger partial charge in [0.15, 0.2) is 5.69 Å². The Kier molecular flexibility index (Phi) is 6.27. The number of carbonyl (C=O) groups is 1. The number of para-hydroxylation sites is 1. The van der Waals surface area contributed by atoms with Crippen molar-refractivity contribution >= 4 is 34.0 Å². The zero-order valence-corrected chi connectivity index (χ0v) is 16.1. The van der Waals surface area contributed by atoms with Crippen LogP contribution in [0.3, 0.4) is 0 Å². The van der Waals surface area contributed by atoms with E-state index in [1.807, 2.05) is 0 Å². The Morgan fingerprint density at radius 1 is 1.31 bits per heavy atom. The molecule has 0 saturated carbocycles. The predicted octanol–water partition coefficient (Wildman–Crippen LogP) is 1.34. The number of hydrogen-bond acceptors (Lipinski definition) is 5. The standard InChI is InChI=1S/C16H21N5O3S.ClH/c1-10(11-5-3-4-6-14(11)21-25(2,23)24)18-16(22)15-12-9-17-8-7-13(12)19-20-15;/h3-6,10,17,21H,7-9H2,1-2H3,(H,18,22)(H,19,20);1H. The highest BCUT2D eigenvalue weighted by Gasteiger charge is 2.23. The first kappa shape index (κ1) is 20.2. The highest BCUT2D eigenvalue weighted by molar-refractivity contribution is 7.92. The summed E-state index contributed by atoms with van der Waals surface area (Å²) in [6.45, 7) is 3.27. The third-order valence-electron chi connectivity index (χ3n) is 4.09. The third-order valence-corrected chi connectivity index (χ3v) is 4.68. The number of H-pyrrole nitrogens is 1. The van der Waals surface area contributed by atoms with E-state index in [0.29, 0.717) is 23.5 Å². The number of fused-ring (bicyclic) bond motifs is 1. The Hall–Kier alpha value is -2.10. The van der Waals surface area contributed by atoms with E-state index in [1.165, 1.54) is 0 Å². The summed E-state index contributed by atoms with van der Waals surface area (Å²) < 4.78 is 25.5. The first-order valence-electron chi connectivity index (χ1n) is 7.99. The minimum absolute atomic E-state index is 0. The number of amides is 1. The van der Waals surface area contributed by atoms with Crippen LogP contribution in [0.25, 0.3) is 0 Å². The molecule has 0 bridgehead atoms. The Bertz CT molecular complexity index is 897. The molecular formula is C16H22ClN5O3S. The monoisotopic (exact) mass is 399 g/mol. The summed E-state index contributed by atoms with van der Waals surface area (Å²) in [5, 5.41) is 13.2. The van der Waals surface area contributed by atoms with Crippen molar-refractivity contribution in [3.63, 3.8) is 0 Å². The molecule has 8 nitrogen and oxygen atoms in total. The van der Waals surface area contributed by atoms with Gasteiger partial charge in [-0.2, -0.15) is 5.10 Å². The Labute approximate surface area is 158 Å². The van der Waals surface area contributed by atoms with Crippen molar-refractivity contribution in [2.24, 2.45) is 0 Å². The van der Waals surface area contributed by atoms with Crippen molar-refractivity contribution in [2.75, 3.05) is 17.5 Å². The Morgan fingerprint density at radius 2 is 2.04 bits per heavy atom. The summed E-state index contributed by atoms with van der Waals surface area (Å²) >= 11 is 0. The van der Waals surface area contributed by atoms with Crippen molar-refractivity contribution in [3.05, 3.63) is 46.8 Å². The number of sulfonamides is 1. The average molecular weight is 400 g/mol. The van der Waals surface area contributed by atoms with Crippen LogP contribution >= 0.6 is 12.4 Å². The summed E-state index contributed by atoms with van der Waals surface area (Å²) in [5.74, 6) is -0.289. The summed E-state index contributed by atoms with van der Waals surface area (Å²) in [5.41, 5.74) is 3.38. The molecule has 1 unspecified atom stereocenters. The number of aromatic nitrogens is 2. The van der Waals surface area contributed by atoms with Crippen LogP contribution in [0.2, 0.25) is 0 Å². The summed E-state index contributed by atoms with van der Waals surface area (Å²) in [4.78, 5) is 12.6. The Balaban J connectivity index is 0.00000243. The third kappa shape index (κ3) is 4.54. The maximum absolute atomic E-state index is 12.6. The fourth-order valence-electron chi connectivity index (χ4n) is 2.92. The van der Waals surface area contributed by atoms with Crippen molar-refractivity contribution in [1.29, 1.82) is 0 Å². The van der Waals surface area contributed by atoms with E-state index in [1.54, 1.807) is 31.2 Å². The fraction of sp³-hybridized carbons (Fsp3) is 0.375. The van der Waals surface area contributed by atoms with Crippen LogP contribution in [-0.4, -0.2) is 37.3 Å². The van der Waals surface area contributed by atoms with E-state index < -0.39 is 10.0 Å². The molecule has 0 radical (unpaired) electrons. The molecule has 1 amide bonds. The second-order valence-corrected chi connectivity index (χ2v) is 7.86. The molecule has 4 N–H and O–H groups in total. The van der Waals surface area contributed by atoms with E-state index in [-0.39, 0.29) is 24.4 Å². The Morgan fingerprint density at radius 3 is 2.77 bits per heavy atom. The normalized spacial score (nSPS) is 14.7. The van der Waals surface area contributed by atoms with Crippen molar-refractivity contribution in [3.8, 4) is 0 Å². The van der Waals surface area contributed by atoms with Crippen LogP contribution < -0.4 is 15.4 Å². The molecule has 0 saturated heterocycles. The summed E-state index contributed by atoms with van der Waals surface area (Å²) in [6, 6.07) is 6.59. The van der Waals surface area contributed by atoms with E-state index in [0.717, 1.165) is 30.5 Å². The highest BCUT2D eigenvalue weighted by Crippen LogP contribution is 2.24. The molecular weight excluding hydrogens is 378 g/mol. The van der Waals surface area contributed by atoms with Crippen LogP contribution in [0.1, 0.15) is 40.3 Å². The lowest BCUT2D eigenvalue weighted by Gasteiger charge is -2.19. The van der Waals surface area contributed by atoms with Gasteiger partial charge in [0.05, 0.1) is 18.0 Å². The van der Waals surface area contributed by atoms with E-state index in [9.17, 15) is 13.2 Å². The predicted molar refractivity (Wildman–Crippen MR) is 102 cm³/mol. The lowest BCUT2D eigenvalue weighted by atomic mass is 10.0. The SMILES string of the molecule is CC(NC(=O)c1n[nH]c2c1CNCC2)c1ccccc1NS(C)(=O)=O.Cl. The van der Waals surface area contributed by atoms with Gasteiger partial charge in [-0.3, -0.25) is 14.6 Å². The molecule has 1 aliphatic rings. The second-order valence-electron chi connectivity index (χ2n) is 6.11. The molecule has 3 rings (SSSR count). The van der Waals surface area contributed by atoms with Gasteiger partial charge in [0.25, 0.3) is 5.91 Å². The molecule has 1 aromatic heterocycles. The van der Waals surface area contributed by atoms with Gasteiger partial charge in [-0.15, -0.1) is 12.4 Å². The number of benzene rings is 1. The largest absolute Gasteiger partial charge is 0.344 e. The molecule has 1 aromatic carbocycles. The van der Waals surface area contributed by atoms with Crippen LogP contribution in [0.5, 0.6) is 0 Å². The molecule has 0 spiro atoms. The second kappa shape index (κ2) is 8.07. The minimum atomic E-state index is -3.41.